The lowest BCUT2D eigenvalue weighted by Crippen LogP contribution is -2.53. The quantitative estimate of drug-likeness (QED) is 0.339. The average molecular weight is 524 g/mol. The molecule has 1 aliphatic rings. The molecule has 2 N–H and O–H groups in total. The van der Waals surface area contributed by atoms with E-state index in [1.165, 1.54) is 0 Å². The van der Waals surface area contributed by atoms with E-state index >= 15 is 0 Å². The predicted octanol–water partition coefficient (Wildman–Crippen LogP) is 1.91. The number of aryl methyl sites for hydroxylation is 1. The smallest absolute Gasteiger partial charge is 0.227 e. The van der Waals surface area contributed by atoms with Crippen LogP contribution in [0, 0.1) is 6.92 Å². The van der Waals surface area contributed by atoms with Gasteiger partial charge in [0.25, 0.3) is 0 Å². The van der Waals surface area contributed by atoms with Gasteiger partial charge < -0.3 is 20.4 Å². The van der Waals surface area contributed by atoms with E-state index in [0.717, 1.165) is 50.2 Å². The van der Waals surface area contributed by atoms with Crippen LogP contribution < -0.4 is 15.5 Å². The van der Waals surface area contributed by atoms with Gasteiger partial charge in [0.05, 0.1) is 6.54 Å². The lowest BCUT2D eigenvalue weighted by atomic mass is 10.3. The molecule has 3 rings (SSSR count). The van der Waals surface area contributed by atoms with Gasteiger partial charge in [0, 0.05) is 57.7 Å². The summed E-state index contributed by atoms with van der Waals surface area (Å²) in [5.74, 6) is 2.07. The van der Waals surface area contributed by atoms with Gasteiger partial charge in [-0.25, -0.2) is 15.0 Å². The van der Waals surface area contributed by atoms with Crippen LogP contribution in [0.3, 0.4) is 0 Å². The van der Waals surface area contributed by atoms with E-state index < -0.39 is 0 Å². The summed E-state index contributed by atoms with van der Waals surface area (Å²) in [4.78, 5) is 34.0. The highest BCUT2D eigenvalue weighted by molar-refractivity contribution is 14.0. The molecule has 162 valence electrons. The van der Waals surface area contributed by atoms with Gasteiger partial charge in [-0.15, -0.1) is 24.0 Å². The van der Waals surface area contributed by atoms with Crippen LogP contribution in [0.2, 0.25) is 0 Å². The van der Waals surface area contributed by atoms with Gasteiger partial charge in [0.2, 0.25) is 11.9 Å². The molecule has 0 saturated carbocycles. The maximum absolute atomic E-state index is 12.1. The van der Waals surface area contributed by atoms with E-state index in [-0.39, 0.29) is 29.9 Å². The highest BCUT2D eigenvalue weighted by atomic mass is 127. The normalized spacial score (nSPS) is 14.1. The molecule has 3 heterocycles. The molecule has 0 unspecified atom stereocenters. The van der Waals surface area contributed by atoms with Crippen LogP contribution in [0.1, 0.15) is 18.9 Å². The van der Waals surface area contributed by atoms with Crippen LogP contribution in [0.4, 0.5) is 11.8 Å². The number of nitrogens with one attached hydrogen (secondary N) is 2. The molecule has 10 heteroatoms. The van der Waals surface area contributed by atoms with Gasteiger partial charge in [-0.1, -0.05) is 6.07 Å². The number of aromatic nitrogens is 3. The number of halogens is 1. The molecule has 2 aromatic rings. The van der Waals surface area contributed by atoms with Crippen molar-refractivity contribution in [3.05, 3.63) is 42.4 Å². The van der Waals surface area contributed by atoms with E-state index in [2.05, 4.69) is 40.4 Å². The second-order valence-corrected chi connectivity index (χ2v) is 6.78. The third-order valence-corrected chi connectivity index (χ3v) is 4.53. The van der Waals surface area contributed by atoms with Gasteiger partial charge in [-0.2, -0.15) is 0 Å². The zero-order chi connectivity index (χ0) is 20.5. The predicted molar refractivity (Wildman–Crippen MR) is 129 cm³/mol. The molecule has 0 bridgehead atoms. The van der Waals surface area contributed by atoms with E-state index in [0.29, 0.717) is 18.8 Å². The minimum absolute atomic E-state index is 0. The maximum atomic E-state index is 12.1. The second-order valence-electron chi connectivity index (χ2n) is 6.78. The number of rotatable bonds is 6. The standard InChI is InChI=1S/C20H28N8O.HI/c1-3-21-19(24-10-7-18(29)26-17-6-5-16(2)15-25-17)27-11-13-28(14-12-27)20-22-8-4-9-23-20;/h4-6,8-9,15H,3,7,10-14H2,1-2H3,(H,21,24)(H,25,26,29);1H. The number of hydrogen-bond donors (Lipinski definition) is 2. The molecule has 1 saturated heterocycles. The molecular weight excluding hydrogens is 495 g/mol. The Balaban J connectivity index is 0.00000320. The first-order chi connectivity index (χ1) is 14.2. The van der Waals surface area contributed by atoms with E-state index in [9.17, 15) is 4.79 Å². The number of aliphatic imine (C=N–C) groups is 1. The monoisotopic (exact) mass is 524 g/mol. The summed E-state index contributed by atoms with van der Waals surface area (Å²) in [6.45, 7) is 8.50. The molecule has 9 nitrogen and oxygen atoms in total. The summed E-state index contributed by atoms with van der Waals surface area (Å²) in [5, 5.41) is 6.12. The van der Waals surface area contributed by atoms with Crippen molar-refractivity contribution in [1.29, 1.82) is 0 Å². The second kappa shape index (κ2) is 12.3. The van der Waals surface area contributed by atoms with Crippen molar-refractivity contribution in [3.63, 3.8) is 0 Å². The summed E-state index contributed by atoms with van der Waals surface area (Å²) >= 11 is 0. The third-order valence-electron chi connectivity index (χ3n) is 4.53. The Morgan fingerprint density at radius 1 is 1.13 bits per heavy atom. The number of amides is 1. The lowest BCUT2D eigenvalue weighted by Gasteiger charge is -2.36. The van der Waals surface area contributed by atoms with Gasteiger partial charge in [0.15, 0.2) is 5.96 Å². The summed E-state index contributed by atoms with van der Waals surface area (Å²) in [6.07, 6.45) is 5.56. The number of carbonyl (C=O) groups is 1. The van der Waals surface area contributed by atoms with Gasteiger partial charge in [0.1, 0.15) is 5.82 Å². The Hall–Kier alpha value is -2.50. The van der Waals surface area contributed by atoms with Crippen molar-refractivity contribution in [2.24, 2.45) is 4.99 Å². The minimum Gasteiger partial charge on any atom is -0.357 e. The zero-order valence-corrected chi connectivity index (χ0v) is 19.7. The summed E-state index contributed by atoms with van der Waals surface area (Å²) in [6, 6.07) is 5.54. The first kappa shape index (κ1) is 23.8. The molecule has 0 aromatic carbocycles. The summed E-state index contributed by atoms with van der Waals surface area (Å²) in [5.41, 5.74) is 1.06. The Morgan fingerprint density at radius 2 is 1.87 bits per heavy atom. The van der Waals surface area contributed by atoms with E-state index in [1.54, 1.807) is 24.7 Å². The van der Waals surface area contributed by atoms with Crippen LogP contribution in [0.15, 0.2) is 41.8 Å². The molecule has 0 spiro atoms. The molecule has 0 radical (unpaired) electrons. The Labute approximate surface area is 194 Å². The largest absolute Gasteiger partial charge is 0.357 e. The molecule has 1 aliphatic heterocycles. The number of nitrogens with zero attached hydrogens (tertiary/aromatic N) is 6. The highest BCUT2D eigenvalue weighted by Gasteiger charge is 2.21. The Bertz CT molecular complexity index is 807. The Morgan fingerprint density at radius 3 is 2.50 bits per heavy atom. The van der Waals surface area contributed by atoms with Crippen LogP contribution in [-0.4, -0.2) is 71.0 Å². The Kier molecular flexibility index (Phi) is 9.71. The third kappa shape index (κ3) is 7.08. The van der Waals surface area contributed by atoms with Gasteiger partial charge >= 0.3 is 0 Å². The van der Waals surface area contributed by atoms with E-state index in [4.69, 9.17) is 0 Å². The zero-order valence-electron chi connectivity index (χ0n) is 17.4. The molecule has 30 heavy (non-hydrogen) atoms. The molecular formula is C20H29IN8O. The van der Waals surface area contributed by atoms with Crippen molar-refractivity contribution in [2.75, 3.05) is 49.5 Å². The van der Waals surface area contributed by atoms with Gasteiger partial charge in [-0.3, -0.25) is 9.79 Å². The fourth-order valence-electron chi connectivity index (χ4n) is 3.01. The van der Waals surface area contributed by atoms with E-state index in [1.807, 2.05) is 26.0 Å². The number of hydrogen-bond acceptors (Lipinski definition) is 6. The molecule has 1 fully saturated rings. The number of guanidine groups is 1. The highest BCUT2D eigenvalue weighted by Crippen LogP contribution is 2.10. The summed E-state index contributed by atoms with van der Waals surface area (Å²) < 4.78 is 0. The van der Waals surface area contributed by atoms with Crippen LogP contribution in [0.5, 0.6) is 0 Å². The molecule has 2 aromatic heterocycles. The fourth-order valence-corrected chi connectivity index (χ4v) is 3.01. The number of piperazine rings is 1. The van der Waals surface area contributed by atoms with Crippen molar-refractivity contribution in [3.8, 4) is 0 Å². The van der Waals surface area contributed by atoms with Crippen molar-refractivity contribution in [2.45, 2.75) is 20.3 Å². The average Bonchev–Trinajstić information content (AvgIpc) is 2.75. The van der Waals surface area contributed by atoms with Crippen molar-refractivity contribution in [1.82, 2.24) is 25.2 Å². The molecule has 0 aliphatic carbocycles. The number of pyridine rings is 1. The lowest BCUT2D eigenvalue weighted by molar-refractivity contribution is -0.116. The summed E-state index contributed by atoms with van der Waals surface area (Å²) in [7, 11) is 0. The topological polar surface area (TPSA) is 98.6 Å². The van der Waals surface area contributed by atoms with Crippen LogP contribution in [-0.2, 0) is 4.79 Å². The van der Waals surface area contributed by atoms with Crippen LogP contribution >= 0.6 is 24.0 Å². The molecule has 1 amide bonds. The fraction of sp³-hybridized carbons (Fsp3) is 0.450. The SMILES string of the molecule is CCNC(=NCCC(=O)Nc1ccc(C)cn1)N1CCN(c2ncccn2)CC1.I. The minimum atomic E-state index is -0.0907. The number of carbonyl (C=O) groups excluding carboxylic acids is 1. The molecule has 0 atom stereocenters. The van der Waals surface area contributed by atoms with Crippen LogP contribution in [0.25, 0.3) is 0 Å². The van der Waals surface area contributed by atoms with Gasteiger partial charge in [-0.05, 0) is 31.5 Å². The maximum Gasteiger partial charge on any atom is 0.227 e. The van der Waals surface area contributed by atoms with Crippen molar-refractivity contribution < 1.29 is 4.79 Å². The van der Waals surface area contributed by atoms with Crippen molar-refractivity contribution >= 4 is 47.6 Å². The first-order valence-corrected chi connectivity index (χ1v) is 9.93. The first-order valence-electron chi connectivity index (χ1n) is 9.93. The number of anilines is 2.